The molecule has 0 bridgehead atoms. The fourth-order valence-corrected chi connectivity index (χ4v) is 4.70. The van der Waals surface area contributed by atoms with Crippen molar-refractivity contribution in [3.05, 3.63) is 24.0 Å². The molecule has 4 rings (SSSR count). The van der Waals surface area contributed by atoms with Crippen LogP contribution in [0.25, 0.3) is 11.0 Å². The summed E-state index contributed by atoms with van der Waals surface area (Å²) in [6.07, 6.45) is 3.71. The minimum atomic E-state index is -0.229. The molecule has 1 N–H and O–H groups in total. The van der Waals surface area contributed by atoms with E-state index in [1.807, 2.05) is 6.92 Å². The number of piperazine rings is 1. The van der Waals surface area contributed by atoms with Crippen LogP contribution in [0.15, 0.2) is 18.2 Å². The predicted octanol–water partition coefficient (Wildman–Crippen LogP) is 3.51. The number of hydrogen-bond donors (Lipinski definition) is 1. The number of carbonyl (C=O) groups is 1. The van der Waals surface area contributed by atoms with Gasteiger partial charge < -0.3 is 14.6 Å². The summed E-state index contributed by atoms with van der Waals surface area (Å²) in [4.78, 5) is 25.0. The molecule has 0 aliphatic carbocycles. The number of rotatable bonds is 6. The van der Waals surface area contributed by atoms with Crippen molar-refractivity contribution in [3.8, 4) is 0 Å². The molecular formula is C22H32N4O2. The number of H-pyrrole nitrogens is 1. The van der Waals surface area contributed by atoms with Crippen LogP contribution in [0, 0.1) is 12.3 Å². The van der Waals surface area contributed by atoms with Crippen molar-refractivity contribution >= 4 is 22.7 Å². The predicted molar refractivity (Wildman–Crippen MR) is 112 cm³/mol. The lowest BCUT2D eigenvalue weighted by atomic mass is 9.79. The number of aryl methyl sites for hydroxylation is 1. The smallest absolute Gasteiger partial charge is 0.312 e. The monoisotopic (exact) mass is 384 g/mol. The molecule has 2 fully saturated rings. The number of anilines is 1. The lowest BCUT2D eigenvalue weighted by Crippen LogP contribution is -2.47. The second kappa shape index (κ2) is 7.74. The molecule has 28 heavy (non-hydrogen) atoms. The summed E-state index contributed by atoms with van der Waals surface area (Å²) in [5, 5.41) is 0. The van der Waals surface area contributed by atoms with Crippen molar-refractivity contribution in [1.29, 1.82) is 0 Å². The fourth-order valence-electron chi connectivity index (χ4n) is 4.70. The first-order valence-corrected chi connectivity index (χ1v) is 10.7. The summed E-state index contributed by atoms with van der Waals surface area (Å²) in [6, 6.07) is 6.48. The molecular weight excluding hydrogens is 352 g/mol. The van der Waals surface area contributed by atoms with Crippen LogP contribution in [0.4, 0.5) is 5.69 Å². The number of benzene rings is 1. The van der Waals surface area contributed by atoms with Gasteiger partial charge in [0, 0.05) is 44.8 Å². The van der Waals surface area contributed by atoms with Crippen molar-refractivity contribution in [2.24, 2.45) is 5.41 Å². The molecule has 0 unspecified atom stereocenters. The third kappa shape index (κ3) is 3.62. The number of ether oxygens (including phenoxy) is 1. The quantitative estimate of drug-likeness (QED) is 0.773. The van der Waals surface area contributed by atoms with E-state index < -0.39 is 0 Å². The Morgan fingerprint density at radius 1 is 1.21 bits per heavy atom. The Kier molecular flexibility index (Phi) is 5.32. The molecule has 3 heterocycles. The summed E-state index contributed by atoms with van der Waals surface area (Å²) < 4.78 is 5.70. The highest BCUT2D eigenvalue weighted by atomic mass is 16.6. The van der Waals surface area contributed by atoms with Gasteiger partial charge in [-0.3, -0.25) is 9.69 Å². The van der Waals surface area contributed by atoms with Crippen molar-refractivity contribution in [1.82, 2.24) is 14.9 Å². The number of fused-ring (bicyclic) bond motifs is 1. The summed E-state index contributed by atoms with van der Waals surface area (Å²) in [7, 11) is 0. The van der Waals surface area contributed by atoms with Gasteiger partial charge in [0.05, 0.1) is 16.4 Å². The Morgan fingerprint density at radius 3 is 2.64 bits per heavy atom. The van der Waals surface area contributed by atoms with Gasteiger partial charge in [-0.15, -0.1) is 0 Å². The Balaban J connectivity index is 1.28. The molecule has 2 aliphatic rings. The van der Waals surface area contributed by atoms with E-state index in [2.05, 4.69) is 51.8 Å². The highest BCUT2D eigenvalue weighted by Crippen LogP contribution is 2.41. The average molecular weight is 385 g/mol. The number of hydrogen-bond acceptors (Lipinski definition) is 5. The first kappa shape index (κ1) is 19.2. The molecule has 2 saturated heterocycles. The molecule has 2 aromatic rings. The topological polar surface area (TPSA) is 61.5 Å². The van der Waals surface area contributed by atoms with Crippen molar-refractivity contribution in [2.45, 2.75) is 52.6 Å². The number of aromatic nitrogens is 2. The Hall–Kier alpha value is -2.08. The molecule has 0 radical (unpaired) electrons. The van der Waals surface area contributed by atoms with E-state index in [0.29, 0.717) is 0 Å². The maximum absolute atomic E-state index is 12.3. The number of nitrogens with zero attached hydrogens (tertiary/aromatic N) is 3. The van der Waals surface area contributed by atoms with Crippen LogP contribution in [0.3, 0.4) is 0 Å². The lowest BCUT2D eigenvalue weighted by Gasteiger charge is -2.36. The van der Waals surface area contributed by atoms with E-state index in [4.69, 9.17) is 4.74 Å². The molecule has 0 spiro atoms. The fraction of sp³-hybridized carbons (Fsp3) is 0.636. The van der Waals surface area contributed by atoms with Crippen LogP contribution >= 0.6 is 0 Å². The second-order valence-electron chi connectivity index (χ2n) is 8.36. The molecule has 6 heteroatoms. The first-order chi connectivity index (χ1) is 13.5. The summed E-state index contributed by atoms with van der Waals surface area (Å²) in [6.45, 7) is 11.4. The van der Waals surface area contributed by atoms with E-state index in [1.54, 1.807) is 0 Å². The second-order valence-corrected chi connectivity index (χ2v) is 8.36. The Labute approximate surface area is 167 Å². The van der Waals surface area contributed by atoms with E-state index in [1.165, 1.54) is 5.69 Å². The first-order valence-electron chi connectivity index (χ1n) is 10.7. The van der Waals surface area contributed by atoms with Gasteiger partial charge in [-0.1, -0.05) is 13.8 Å². The zero-order chi connectivity index (χ0) is 19.7. The minimum Gasteiger partial charge on any atom is -0.462 e. The van der Waals surface area contributed by atoms with Gasteiger partial charge in [-0.25, -0.2) is 4.98 Å². The van der Waals surface area contributed by atoms with Crippen LogP contribution in [0.2, 0.25) is 0 Å². The molecule has 0 amide bonds. The highest BCUT2D eigenvalue weighted by molar-refractivity contribution is 5.80. The van der Waals surface area contributed by atoms with E-state index in [-0.39, 0.29) is 17.5 Å². The zero-order valence-corrected chi connectivity index (χ0v) is 17.3. The van der Waals surface area contributed by atoms with Crippen molar-refractivity contribution in [3.63, 3.8) is 0 Å². The Morgan fingerprint density at radius 2 is 1.96 bits per heavy atom. The van der Waals surface area contributed by atoms with Gasteiger partial charge in [0.2, 0.25) is 0 Å². The molecule has 0 saturated carbocycles. The maximum Gasteiger partial charge on any atom is 0.312 e. The van der Waals surface area contributed by atoms with Crippen molar-refractivity contribution in [2.75, 3.05) is 37.6 Å². The normalized spacial score (nSPS) is 22.8. The standard InChI is InChI=1S/C22H32N4O2/c1-4-22(5-2)15-18(28-21(22)27)8-9-25-10-12-26(13-11-25)17-6-7-19-20(14-17)24-16(3)23-19/h6-7,14,18H,4-5,8-13,15H2,1-3H3,(H,23,24)/t18-/m1/s1. The van der Waals surface area contributed by atoms with Crippen LogP contribution in [-0.2, 0) is 9.53 Å². The summed E-state index contributed by atoms with van der Waals surface area (Å²) >= 11 is 0. The molecule has 1 aromatic heterocycles. The molecule has 1 atom stereocenters. The summed E-state index contributed by atoms with van der Waals surface area (Å²) in [5.41, 5.74) is 3.17. The van der Waals surface area contributed by atoms with E-state index >= 15 is 0 Å². The van der Waals surface area contributed by atoms with Gasteiger partial charge in [0.25, 0.3) is 0 Å². The molecule has 2 aliphatic heterocycles. The lowest BCUT2D eigenvalue weighted by molar-refractivity contribution is -0.149. The van der Waals surface area contributed by atoms with Gasteiger partial charge in [-0.2, -0.15) is 0 Å². The van der Waals surface area contributed by atoms with Crippen LogP contribution in [0.1, 0.15) is 45.4 Å². The van der Waals surface area contributed by atoms with Gasteiger partial charge in [-0.05, 0) is 44.4 Å². The van der Waals surface area contributed by atoms with Crippen LogP contribution in [0.5, 0.6) is 0 Å². The van der Waals surface area contributed by atoms with Crippen LogP contribution in [-0.4, -0.2) is 59.7 Å². The van der Waals surface area contributed by atoms with Gasteiger partial charge in [0.15, 0.2) is 0 Å². The number of cyclic esters (lactones) is 1. The maximum atomic E-state index is 12.3. The number of imidazole rings is 1. The van der Waals surface area contributed by atoms with Crippen molar-refractivity contribution < 1.29 is 9.53 Å². The molecule has 1 aromatic carbocycles. The average Bonchev–Trinajstić information content (AvgIpc) is 3.24. The zero-order valence-electron chi connectivity index (χ0n) is 17.3. The van der Waals surface area contributed by atoms with Gasteiger partial charge >= 0.3 is 5.97 Å². The largest absolute Gasteiger partial charge is 0.462 e. The van der Waals surface area contributed by atoms with Gasteiger partial charge in [0.1, 0.15) is 11.9 Å². The van der Waals surface area contributed by atoms with E-state index in [9.17, 15) is 4.79 Å². The summed E-state index contributed by atoms with van der Waals surface area (Å²) in [5.74, 6) is 0.983. The Bertz CT molecular complexity index is 834. The SMILES string of the molecule is CCC1(CC)C[C@@H](CCN2CCN(c3ccc4nc(C)[nH]c4c3)CC2)OC1=O. The highest BCUT2D eigenvalue weighted by Gasteiger charge is 2.46. The van der Waals surface area contributed by atoms with E-state index in [0.717, 1.165) is 75.3 Å². The number of aromatic amines is 1. The number of carbonyl (C=O) groups excluding carboxylic acids is 1. The third-order valence-electron chi connectivity index (χ3n) is 6.77. The molecule has 152 valence electrons. The van der Waals surface area contributed by atoms with Crippen LogP contribution < -0.4 is 4.90 Å². The number of nitrogens with one attached hydrogen (secondary N) is 1. The third-order valence-corrected chi connectivity index (χ3v) is 6.77. The number of esters is 1. The molecule has 6 nitrogen and oxygen atoms in total. The minimum absolute atomic E-state index is 0.0248.